The maximum Gasteiger partial charge on any atom is 0.141 e. The van der Waals surface area contributed by atoms with Crippen molar-refractivity contribution in [2.75, 3.05) is 9.80 Å². The first kappa shape index (κ1) is 29.7. The molecule has 0 saturated heterocycles. The fourth-order valence-electron chi connectivity index (χ4n) is 8.71. The maximum atomic E-state index is 5.08. The molecule has 5 nitrogen and oxygen atoms in total. The lowest BCUT2D eigenvalue weighted by atomic mass is 9.67. The number of hydrogen-bond donors (Lipinski definition) is 0. The largest absolute Gasteiger partial charge is 0.310 e. The molecule has 8 aromatic rings. The second-order valence-electron chi connectivity index (χ2n) is 14.8. The van der Waals surface area contributed by atoms with Crippen LogP contribution in [0.25, 0.3) is 27.6 Å². The standard InChI is InChI=1S/C46H37N5/c1-45(2)35-25-23-32(29-41(35)51-43-36(45)17-12-18-37(43)46(3,4)38-19-13-27-48-44(38)51)49(30-14-6-5-7-15-30)31-22-24-34-33-16-8-9-20-39(33)50(40(34)28-31)42-21-10-11-26-47-42/h5-29H,1-4H3. The van der Waals surface area contributed by atoms with E-state index in [9.17, 15) is 0 Å². The van der Waals surface area contributed by atoms with Crippen LogP contribution >= 0.6 is 0 Å². The molecule has 5 aromatic carbocycles. The quantitative estimate of drug-likeness (QED) is 0.188. The smallest absolute Gasteiger partial charge is 0.141 e. The number of pyridine rings is 2. The van der Waals surface area contributed by atoms with E-state index in [0.29, 0.717) is 0 Å². The predicted molar refractivity (Wildman–Crippen MR) is 210 cm³/mol. The molecule has 5 heterocycles. The van der Waals surface area contributed by atoms with Gasteiger partial charge in [0.1, 0.15) is 11.6 Å². The number of anilines is 6. The van der Waals surface area contributed by atoms with Crippen molar-refractivity contribution in [3.05, 3.63) is 174 Å². The zero-order valence-corrected chi connectivity index (χ0v) is 29.2. The van der Waals surface area contributed by atoms with Crippen LogP contribution in [0.15, 0.2) is 152 Å². The number of fused-ring (bicyclic) bond motifs is 7. The van der Waals surface area contributed by atoms with Crippen LogP contribution in [0, 0.1) is 0 Å². The summed E-state index contributed by atoms with van der Waals surface area (Å²) in [5, 5.41) is 2.41. The lowest BCUT2D eigenvalue weighted by Gasteiger charge is -2.48. The minimum Gasteiger partial charge on any atom is -0.310 e. The molecular formula is C46H37N5. The van der Waals surface area contributed by atoms with E-state index in [1.165, 1.54) is 38.7 Å². The molecule has 0 radical (unpaired) electrons. The molecule has 0 saturated carbocycles. The summed E-state index contributed by atoms with van der Waals surface area (Å²) in [6.07, 6.45) is 3.79. The lowest BCUT2D eigenvalue weighted by molar-refractivity contribution is 0.594. The van der Waals surface area contributed by atoms with Gasteiger partial charge in [-0.25, -0.2) is 9.97 Å². The Morgan fingerprint density at radius 3 is 1.96 bits per heavy atom. The molecule has 0 unspecified atom stereocenters. The van der Waals surface area contributed by atoms with Crippen LogP contribution in [0.2, 0.25) is 0 Å². The second kappa shape index (κ2) is 10.6. The van der Waals surface area contributed by atoms with Crippen molar-refractivity contribution >= 4 is 56.1 Å². The van der Waals surface area contributed by atoms with E-state index >= 15 is 0 Å². The third-order valence-electron chi connectivity index (χ3n) is 11.2. The highest BCUT2D eigenvalue weighted by Gasteiger charge is 2.46. The van der Waals surface area contributed by atoms with Crippen molar-refractivity contribution in [3.63, 3.8) is 0 Å². The molecule has 246 valence electrons. The van der Waals surface area contributed by atoms with E-state index in [-0.39, 0.29) is 10.8 Å². The molecule has 0 spiro atoms. The average Bonchev–Trinajstić information content (AvgIpc) is 3.49. The summed E-state index contributed by atoms with van der Waals surface area (Å²) in [7, 11) is 0. The number of para-hydroxylation sites is 3. The Morgan fingerprint density at radius 1 is 0.490 bits per heavy atom. The normalized spacial score (nSPS) is 14.9. The molecule has 3 aromatic heterocycles. The lowest BCUT2D eigenvalue weighted by Crippen LogP contribution is -2.38. The molecule has 0 N–H and O–H groups in total. The van der Waals surface area contributed by atoms with Crippen LogP contribution in [0.3, 0.4) is 0 Å². The van der Waals surface area contributed by atoms with Crippen LogP contribution in [0.5, 0.6) is 0 Å². The van der Waals surface area contributed by atoms with Crippen LogP contribution in [-0.2, 0) is 10.8 Å². The number of benzene rings is 5. The summed E-state index contributed by atoms with van der Waals surface area (Å²) in [5.74, 6) is 1.90. The Morgan fingerprint density at radius 2 is 1.16 bits per heavy atom. The van der Waals surface area contributed by atoms with Crippen molar-refractivity contribution in [1.82, 2.24) is 14.5 Å². The number of hydrogen-bond acceptors (Lipinski definition) is 4. The Labute approximate surface area is 298 Å². The van der Waals surface area contributed by atoms with E-state index in [1.807, 2.05) is 18.5 Å². The highest BCUT2D eigenvalue weighted by atomic mass is 15.2. The van der Waals surface area contributed by atoms with Gasteiger partial charge in [0, 0.05) is 56.6 Å². The van der Waals surface area contributed by atoms with Gasteiger partial charge in [-0.15, -0.1) is 0 Å². The van der Waals surface area contributed by atoms with E-state index in [2.05, 4.69) is 176 Å². The molecule has 0 atom stereocenters. The van der Waals surface area contributed by atoms with E-state index in [0.717, 1.165) is 45.4 Å². The molecule has 51 heavy (non-hydrogen) atoms. The van der Waals surface area contributed by atoms with Gasteiger partial charge in [-0.05, 0) is 77.4 Å². The highest BCUT2D eigenvalue weighted by Crippen LogP contribution is 2.60. The van der Waals surface area contributed by atoms with Gasteiger partial charge in [0.25, 0.3) is 0 Å². The van der Waals surface area contributed by atoms with E-state index < -0.39 is 0 Å². The van der Waals surface area contributed by atoms with Gasteiger partial charge < -0.3 is 4.90 Å². The van der Waals surface area contributed by atoms with Gasteiger partial charge in [-0.3, -0.25) is 9.47 Å². The first-order chi connectivity index (χ1) is 24.8. The molecule has 0 fully saturated rings. The van der Waals surface area contributed by atoms with E-state index in [1.54, 1.807) is 0 Å². The zero-order chi connectivity index (χ0) is 34.5. The van der Waals surface area contributed by atoms with Gasteiger partial charge in [-0.1, -0.05) is 107 Å². The van der Waals surface area contributed by atoms with Crippen LogP contribution in [0.4, 0.5) is 34.3 Å². The molecule has 2 aliphatic rings. The topological polar surface area (TPSA) is 37.2 Å². The summed E-state index contributed by atoms with van der Waals surface area (Å²) in [4.78, 5) is 14.7. The van der Waals surface area contributed by atoms with Crippen LogP contribution < -0.4 is 9.80 Å². The fraction of sp³-hybridized carbons (Fsp3) is 0.130. The molecule has 10 rings (SSSR count). The first-order valence-electron chi connectivity index (χ1n) is 17.7. The van der Waals surface area contributed by atoms with Crippen molar-refractivity contribution in [2.24, 2.45) is 0 Å². The van der Waals surface area contributed by atoms with Gasteiger partial charge in [0.05, 0.1) is 22.4 Å². The predicted octanol–water partition coefficient (Wildman–Crippen LogP) is 11.8. The monoisotopic (exact) mass is 659 g/mol. The van der Waals surface area contributed by atoms with Crippen LogP contribution in [0.1, 0.15) is 49.9 Å². The van der Waals surface area contributed by atoms with E-state index in [4.69, 9.17) is 9.97 Å². The van der Waals surface area contributed by atoms with Gasteiger partial charge >= 0.3 is 0 Å². The zero-order valence-electron chi connectivity index (χ0n) is 29.2. The second-order valence-corrected chi connectivity index (χ2v) is 14.8. The number of nitrogens with zero attached hydrogens (tertiary/aromatic N) is 5. The van der Waals surface area contributed by atoms with Crippen molar-refractivity contribution in [3.8, 4) is 5.82 Å². The molecule has 0 aliphatic carbocycles. The molecular weight excluding hydrogens is 623 g/mol. The summed E-state index contributed by atoms with van der Waals surface area (Å²) in [5.41, 5.74) is 12.7. The Kier molecular flexibility index (Phi) is 6.20. The third kappa shape index (κ3) is 4.15. The SMILES string of the molecule is CC1(C)c2ccc(N(c3ccccc3)c3ccc4c5ccccc5n(-c5ccccn5)c4c3)cc2N2c3ncccc3C(C)(C)c3cccc1c32. The summed E-state index contributed by atoms with van der Waals surface area (Å²) >= 11 is 0. The molecule has 5 heteroatoms. The van der Waals surface area contributed by atoms with Crippen LogP contribution in [-0.4, -0.2) is 14.5 Å². The molecule has 2 aliphatic heterocycles. The Bertz CT molecular complexity index is 2640. The van der Waals surface area contributed by atoms with Gasteiger partial charge in [-0.2, -0.15) is 0 Å². The third-order valence-corrected chi connectivity index (χ3v) is 11.2. The Hall–Kier alpha value is -6.20. The van der Waals surface area contributed by atoms with Crippen molar-refractivity contribution in [1.29, 1.82) is 0 Å². The minimum atomic E-state index is -0.210. The Balaban J connectivity index is 1.23. The first-order valence-corrected chi connectivity index (χ1v) is 17.7. The summed E-state index contributed by atoms with van der Waals surface area (Å²) in [6.45, 7) is 9.38. The van der Waals surface area contributed by atoms with Crippen molar-refractivity contribution < 1.29 is 0 Å². The molecule has 0 amide bonds. The van der Waals surface area contributed by atoms with Gasteiger partial charge in [0.2, 0.25) is 0 Å². The van der Waals surface area contributed by atoms with Crippen molar-refractivity contribution in [2.45, 2.75) is 38.5 Å². The summed E-state index contributed by atoms with van der Waals surface area (Å²) < 4.78 is 2.28. The minimum absolute atomic E-state index is 0.186. The number of rotatable bonds is 4. The fourth-order valence-corrected chi connectivity index (χ4v) is 8.71. The molecule has 0 bridgehead atoms. The maximum absolute atomic E-state index is 5.08. The van der Waals surface area contributed by atoms with Gasteiger partial charge in [0.15, 0.2) is 0 Å². The summed E-state index contributed by atoms with van der Waals surface area (Å²) in [6, 6.07) is 50.4. The highest BCUT2D eigenvalue weighted by molar-refractivity contribution is 6.10. The number of aromatic nitrogens is 3. The average molecular weight is 660 g/mol.